The second-order valence-electron chi connectivity index (χ2n) is 9.56. The van der Waals surface area contributed by atoms with Crippen molar-refractivity contribution in [1.29, 1.82) is 0 Å². The second kappa shape index (κ2) is 10.0. The monoisotopic (exact) mass is 496 g/mol. The topological polar surface area (TPSA) is 35.5 Å². The van der Waals surface area contributed by atoms with E-state index in [4.69, 9.17) is 9.47 Å². The van der Waals surface area contributed by atoms with Crippen molar-refractivity contribution in [3.63, 3.8) is 0 Å². The molecule has 0 unspecified atom stereocenters. The molecule has 5 aromatic carbocycles. The Hall–Kier alpha value is -4.63. The molecule has 1 aliphatic rings. The van der Waals surface area contributed by atoms with Crippen LogP contribution in [0.2, 0.25) is 0 Å². The fourth-order valence-corrected chi connectivity index (χ4v) is 5.62. The summed E-state index contributed by atoms with van der Waals surface area (Å²) in [4.78, 5) is 13.4. The second-order valence-corrected chi connectivity index (χ2v) is 9.56. The van der Waals surface area contributed by atoms with Gasteiger partial charge in [-0.25, -0.2) is 0 Å². The first-order valence-corrected chi connectivity index (χ1v) is 12.9. The van der Waals surface area contributed by atoms with Gasteiger partial charge in [0.15, 0.2) is 5.60 Å². The van der Waals surface area contributed by atoms with Crippen molar-refractivity contribution in [1.82, 2.24) is 0 Å². The Labute approximate surface area is 223 Å². The van der Waals surface area contributed by atoms with Gasteiger partial charge in [-0.2, -0.15) is 0 Å². The molecule has 0 amide bonds. The number of carbonyl (C=O) groups excluding carboxylic acids is 1. The zero-order valence-electron chi connectivity index (χ0n) is 21.3. The Balaban J connectivity index is 1.41. The summed E-state index contributed by atoms with van der Waals surface area (Å²) in [6.45, 7) is 0. The van der Waals surface area contributed by atoms with Gasteiger partial charge < -0.3 is 9.47 Å². The quantitative estimate of drug-likeness (QED) is 0.214. The molecule has 3 nitrogen and oxygen atoms in total. The van der Waals surface area contributed by atoms with Crippen molar-refractivity contribution in [2.24, 2.45) is 0 Å². The van der Waals surface area contributed by atoms with Gasteiger partial charge in [0.05, 0.1) is 13.5 Å². The third-order valence-corrected chi connectivity index (χ3v) is 7.33. The average molecular weight is 497 g/mol. The maximum atomic E-state index is 13.4. The highest BCUT2D eigenvalue weighted by molar-refractivity contribution is 5.95. The molecular weight excluding hydrogens is 468 g/mol. The highest BCUT2D eigenvalue weighted by Gasteiger charge is 2.45. The summed E-state index contributed by atoms with van der Waals surface area (Å²) in [6, 6.07) is 38.6. The number of hydrogen-bond acceptors (Lipinski definition) is 3. The minimum Gasteiger partial charge on any atom is -0.496 e. The van der Waals surface area contributed by atoms with Crippen LogP contribution in [0.5, 0.6) is 5.75 Å². The summed E-state index contributed by atoms with van der Waals surface area (Å²) in [6.07, 6.45) is 4.99. The van der Waals surface area contributed by atoms with E-state index < -0.39 is 5.60 Å². The van der Waals surface area contributed by atoms with E-state index in [-0.39, 0.29) is 12.4 Å². The van der Waals surface area contributed by atoms with Crippen LogP contribution in [-0.2, 0) is 21.6 Å². The standard InChI is InChI=1S/C35H28O3/c1-37-33-22-21-26(27-15-5-6-18-30(27)33)14-11-23-35(38-34(36)24-25-12-3-2-4-13-25)31-19-9-7-16-28(31)29-17-8-10-20-32(29)35/h2-22H,23-24H2,1H3/b14-11-. The van der Waals surface area contributed by atoms with Crippen LogP contribution in [0, 0.1) is 0 Å². The normalized spacial score (nSPS) is 13.3. The summed E-state index contributed by atoms with van der Waals surface area (Å²) >= 11 is 0. The Morgan fingerprint density at radius 2 is 1.32 bits per heavy atom. The molecule has 1 aliphatic carbocycles. The number of benzene rings is 5. The highest BCUT2D eigenvalue weighted by Crippen LogP contribution is 2.52. The van der Waals surface area contributed by atoms with Crippen LogP contribution in [0.15, 0.2) is 121 Å². The van der Waals surface area contributed by atoms with Crippen molar-refractivity contribution < 1.29 is 14.3 Å². The van der Waals surface area contributed by atoms with E-state index in [9.17, 15) is 4.79 Å². The lowest BCUT2D eigenvalue weighted by Crippen LogP contribution is -2.32. The Morgan fingerprint density at radius 1 is 0.711 bits per heavy atom. The molecule has 0 spiro atoms. The van der Waals surface area contributed by atoms with E-state index in [1.807, 2.05) is 72.8 Å². The zero-order chi connectivity index (χ0) is 26.0. The van der Waals surface area contributed by atoms with Gasteiger partial charge in [-0.05, 0) is 33.7 Å². The summed E-state index contributed by atoms with van der Waals surface area (Å²) in [5.74, 6) is 0.605. The predicted molar refractivity (Wildman–Crippen MR) is 153 cm³/mol. The molecule has 0 atom stereocenters. The summed E-state index contributed by atoms with van der Waals surface area (Å²) in [5.41, 5.74) is 5.38. The van der Waals surface area contributed by atoms with Gasteiger partial charge in [0.25, 0.3) is 0 Å². The van der Waals surface area contributed by atoms with Crippen LogP contribution in [-0.4, -0.2) is 13.1 Å². The third-order valence-electron chi connectivity index (χ3n) is 7.33. The van der Waals surface area contributed by atoms with Gasteiger partial charge in [0, 0.05) is 22.9 Å². The summed E-state index contributed by atoms with van der Waals surface area (Å²) < 4.78 is 12.1. The molecule has 0 aliphatic heterocycles. The van der Waals surface area contributed by atoms with E-state index in [2.05, 4.69) is 54.6 Å². The summed E-state index contributed by atoms with van der Waals surface area (Å²) in [7, 11) is 1.69. The molecule has 0 saturated carbocycles. The number of ether oxygens (including phenoxy) is 2. The van der Waals surface area contributed by atoms with Gasteiger partial charge in [-0.15, -0.1) is 0 Å². The first kappa shape index (κ1) is 23.7. The third kappa shape index (κ3) is 4.16. The Bertz CT molecular complexity index is 1600. The van der Waals surface area contributed by atoms with Crippen LogP contribution in [0.1, 0.15) is 28.7 Å². The number of esters is 1. The largest absolute Gasteiger partial charge is 0.496 e. The summed E-state index contributed by atoms with van der Waals surface area (Å²) in [5, 5.41) is 2.18. The van der Waals surface area contributed by atoms with Gasteiger partial charge in [-0.3, -0.25) is 4.79 Å². The average Bonchev–Trinajstić information content (AvgIpc) is 3.23. The minimum absolute atomic E-state index is 0.222. The molecule has 0 N–H and O–H groups in total. The fraction of sp³-hybridized carbons (Fsp3) is 0.114. The molecule has 5 aromatic rings. The van der Waals surface area contributed by atoms with Crippen molar-refractivity contribution >= 4 is 22.8 Å². The van der Waals surface area contributed by atoms with Gasteiger partial charge >= 0.3 is 5.97 Å². The van der Waals surface area contributed by atoms with Crippen molar-refractivity contribution in [2.45, 2.75) is 18.4 Å². The number of methoxy groups -OCH3 is 1. The van der Waals surface area contributed by atoms with E-state index in [0.717, 1.165) is 49.9 Å². The maximum Gasteiger partial charge on any atom is 0.311 e. The lowest BCUT2D eigenvalue weighted by molar-refractivity contribution is -0.155. The molecule has 0 heterocycles. The van der Waals surface area contributed by atoms with E-state index in [0.29, 0.717) is 6.42 Å². The van der Waals surface area contributed by atoms with Crippen molar-refractivity contribution in [3.8, 4) is 16.9 Å². The fourth-order valence-electron chi connectivity index (χ4n) is 5.62. The predicted octanol–water partition coefficient (Wildman–Crippen LogP) is 7.96. The number of rotatable bonds is 7. The van der Waals surface area contributed by atoms with Crippen LogP contribution in [0.3, 0.4) is 0 Å². The van der Waals surface area contributed by atoms with E-state index >= 15 is 0 Å². The molecular formula is C35H28O3. The number of carbonyl (C=O) groups is 1. The lowest BCUT2D eigenvalue weighted by Gasteiger charge is -2.31. The van der Waals surface area contributed by atoms with Crippen molar-refractivity contribution in [2.75, 3.05) is 7.11 Å². The molecule has 0 saturated heterocycles. The first-order chi connectivity index (χ1) is 18.7. The van der Waals surface area contributed by atoms with E-state index in [1.54, 1.807) is 7.11 Å². The van der Waals surface area contributed by atoms with Crippen LogP contribution < -0.4 is 4.74 Å². The Morgan fingerprint density at radius 3 is 2.00 bits per heavy atom. The van der Waals surface area contributed by atoms with Crippen molar-refractivity contribution in [3.05, 3.63) is 144 Å². The van der Waals surface area contributed by atoms with Crippen LogP contribution in [0.4, 0.5) is 0 Å². The minimum atomic E-state index is -0.905. The smallest absolute Gasteiger partial charge is 0.311 e. The molecule has 0 radical (unpaired) electrons. The first-order valence-electron chi connectivity index (χ1n) is 12.9. The SMILES string of the molecule is COc1ccc(/C=C\CC2(OC(=O)Cc3ccccc3)c3ccccc3-c3ccccc32)c2ccccc12. The molecule has 186 valence electrons. The number of fused-ring (bicyclic) bond motifs is 4. The zero-order valence-corrected chi connectivity index (χ0v) is 21.3. The maximum absolute atomic E-state index is 13.4. The molecule has 0 aromatic heterocycles. The van der Waals surface area contributed by atoms with Crippen LogP contribution in [0.25, 0.3) is 28.0 Å². The van der Waals surface area contributed by atoms with E-state index in [1.165, 1.54) is 0 Å². The highest BCUT2D eigenvalue weighted by atomic mass is 16.6. The molecule has 6 rings (SSSR count). The van der Waals surface area contributed by atoms with Gasteiger partial charge in [0.1, 0.15) is 5.75 Å². The number of hydrogen-bond donors (Lipinski definition) is 0. The molecule has 0 bridgehead atoms. The van der Waals surface area contributed by atoms with Gasteiger partial charge in [0.2, 0.25) is 0 Å². The Kier molecular flexibility index (Phi) is 6.27. The molecule has 0 fully saturated rings. The van der Waals surface area contributed by atoms with Gasteiger partial charge in [-0.1, -0.05) is 121 Å². The molecule has 3 heteroatoms. The molecule has 38 heavy (non-hydrogen) atoms. The lowest BCUT2D eigenvalue weighted by atomic mass is 9.87. The van der Waals surface area contributed by atoms with Crippen LogP contribution >= 0.6 is 0 Å².